The minimum Gasteiger partial charge on any atom is -0.744 e. The van der Waals surface area contributed by atoms with E-state index in [1.165, 1.54) is 43.5 Å². The van der Waals surface area contributed by atoms with Gasteiger partial charge < -0.3 is 19.2 Å². The number of benzene rings is 4. The average molecular weight is 772 g/mol. The third-order valence-electron chi connectivity index (χ3n) is 7.96. The topological polar surface area (TPSA) is 219 Å². The van der Waals surface area contributed by atoms with Gasteiger partial charge in [-0.1, -0.05) is 29.8 Å². The summed E-state index contributed by atoms with van der Waals surface area (Å²) in [4.78, 5) is 25.2. The standard InChI is InChI=1S/C35H29N5O9S2.2Na/c1-19-8-13-27(20(2)14-19)37-39-32-30(50(43,44)45)17-21-15-23(9-11-25(21)34(32)41)36-24-10-12-26-22(16-24)18-31(51(46,47)48)33(35(26)42)40-38-28-6-4-5-7-29(28)49-3;;/h4-18,36-38H,1-3H3,(H,43,44,45)(H,46,47,48);;/q;2*+1/p-2/b39-32-,40-33+;;. The van der Waals surface area contributed by atoms with Gasteiger partial charge in [0.25, 0.3) is 0 Å². The van der Waals surface area contributed by atoms with E-state index in [-0.39, 0.29) is 81.4 Å². The number of Topliss-reactive ketones (excluding diaryl/α,β-unsaturated/α-hetero) is 2. The summed E-state index contributed by atoms with van der Waals surface area (Å²) in [6, 6.07) is 20.7. The van der Waals surface area contributed by atoms with E-state index in [0.717, 1.165) is 23.3 Å². The van der Waals surface area contributed by atoms with E-state index in [2.05, 4.69) is 26.4 Å². The van der Waals surface area contributed by atoms with Crippen molar-refractivity contribution in [1.29, 1.82) is 0 Å². The normalized spacial score (nSPS) is 15.3. The summed E-state index contributed by atoms with van der Waals surface area (Å²) in [5.41, 5.74) is 7.82. The van der Waals surface area contributed by atoms with Crippen molar-refractivity contribution in [3.05, 3.63) is 122 Å². The molecule has 0 heterocycles. The number of hydrogen-bond acceptors (Lipinski definition) is 14. The van der Waals surface area contributed by atoms with Crippen molar-refractivity contribution in [3.8, 4) is 5.75 Å². The Morgan fingerprint density at radius 1 is 0.642 bits per heavy atom. The second-order valence-electron chi connectivity index (χ2n) is 11.5. The van der Waals surface area contributed by atoms with Gasteiger partial charge in [-0.05, 0) is 97.3 Å². The molecule has 0 amide bonds. The first-order chi connectivity index (χ1) is 24.1. The number of ketones is 2. The molecular weight excluding hydrogens is 745 g/mol. The minimum absolute atomic E-state index is 0. The number of hydrogen-bond donors (Lipinski definition) is 3. The Kier molecular flexibility index (Phi) is 13.1. The maximum absolute atomic E-state index is 13.4. The number of rotatable bonds is 9. The zero-order valence-corrected chi connectivity index (χ0v) is 34.7. The van der Waals surface area contributed by atoms with Crippen LogP contribution in [0.3, 0.4) is 0 Å². The van der Waals surface area contributed by atoms with Gasteiger partial charge in [-0.3, -0.25) is 20.4 Å². The summed E-state index contributed by atoms with van der Waals surface area (Å²) in [5, 5.41) is 11.0. The molecule has 18 heteroatoms. The third kappa shape index (κ3) is 9.06. The van der Waals surface area contributed by atoms with Crippen LogP contribution in [0.1, 0.15) is 43.0 Å². The van der Waals surface area contributed by atoms with Gasteiger partial charge >= 0.3 is 59.1 Å². The monoisotopic (exact) mass is 771 g/mol. The van der Waals surface area contributed by atoms with Crippen molar-refractivity contribution in [2.45, 2.75) is 13.8 Å². The van der Waals surface area contributed by atoms with Gasteiger partial charge in [0.05, 0.1) is 28.3 Å². The number of fused-ring (bicyclic) bond motifs is 2. The predicted molar refractivity (Wildman–Crippen MR) is 191 cm³/mol. The number of aryl methyl sites for hydroxylation is 2. The van der Waals surface area contributed by atoms with Crippen molar-refractivity contribution < 1.29 is 99.4 Å². The molecule has 0 aromatic heterocycles. The molecule has 2 aliphatic carbocycles. The van der Waals surface area contributed by atoms with Gasteiger partial charge in [-0.2, -0.15) is 10.2 Å². The van der Waals surface area contributed by atoms with E-state index in [4.69, 9.17) is 4.74 Å². The van der Waals surface area contributed by atoms with Crippen LogP contribution < -0.4 is 80.0 Å². The molecule has 0 fully saturated rings. The Labute approximate surface area is 349 Å². The van der Waals surface area contributed by atoms with Crippen LogP contribution in [0.5, 0.6) is 5.75 Å². The summed E-state index contributed by atoms with van der Waals surface area (Å²) >= 11 is 0. The van der Waals surface area contributed by atoms with Crippen molar-refractivity contribution >= 4 is 78.1 Å². The Bertz CT molecular complexity index is 2520. The molecule has 14 nitrogen and oxygen atoms in total. The molecule has 6 rings (SSSR count). The SMILES string of the molecule is COc1ccccc1N/N=C1/C(=O)c2ccc(Nc3ccc4c(c3)C=C(S(=O)(=O)[O-])/C(=N/Nc3ccc(C)cc3C)C4=O)cc2C=C1S(=O)(=O)[O-].[Na+].[Na+]. The third-order valence-corrected chi connectivity index (χ3v) is 9.65. The number of carbonyl (C=O) groups excluding carboxylic acids is 2. The van der Waals surface area contributed by atoms with E-state index < -0.39 is 53.0 Å². The van der Waals surface area contributed by atoms with Crippen molar-refractivity contribution in [2.75, 3.05) is 23.3 Å². The van der Waals surface area contributed by atoms with Crippen molar-refractivity contribution in [1.82, 2.24) is 0 Å². The first kappa shape index (κ1) is 41.8. The Morgan fingerprint density at radius 2 is 1.13 bits per heavy atom. The second kappa shape index (κ2) is 16.6. The molecule has 3 N–H and O–H groups in total. The van der Waals surface area contributed by atoms with Crippen LogP contribution in [0.2, 0.25) is 0 Å². The fraction of sp³-hybridized carbons (Fsp3) is 0.0857. The molecule has 0 bridgehead atoms. The summed E-state index contributed by atoms with van der Waals surface area (Å²) in [7, 11) is -8.88. The van der Waals surface area contributed by atoms with Gasteiger partial charge in [0.2, 0.25) is 11.6 Å². The minimum atomic E-state index is -5.16. The Hall–Kier alpha value is -3.94. The number of allylic oxidation sites excluding steroid dienone is 2. The molecule has 0 aliphatic heterocycles. The molecule has 0 saturated heterocycles. The molecule has 0 unspecified atom stereocenters. The maximum Gasteiger partial charge on any atom is 1.00 e. The van der Waals surface area contributed by atoms with Crippen molar-refractivity contribution in [2.24, 2.45) is 10.2 Å². The molecule has 0 atom stereocenters. The van der Waals surface area contributed by atoms with E-state index in [9.17, 15) is 35.5 Å². The van der Waals surface area contributed by atoms with Crippen LogP contribution in [0.4, 0.5) is 22.7 Å². The number of nitrogens with zero attached hydrogens (tertiary/aromatic N) is 2. The molecule has 260 valence electrons. The first-order valence-corrected chi connectivity index (χ1v) is 17.8. The van der Waals surface area contributed by atoms with Gasteiger partial charge in [-0.25, -0.2) is 16.8 Å². The molecule has 0 spiro atoms. The molecule has 4 aromatic carbocycles. The Balaban J connectivity index is 0.00000314. The molecule has 4 aromatic rings. The first-order valence-electron chi connectivity index (χ1n) is 15.0. The fourth-order valence-corrected chi connectivity index (χ4v) is 6.79. The van der Waals surface area contributed by atoms with Crippen molar-refractivity contribution in [3.63, 3.8) is 0 Å². The number of para-hydroxylation sites is 2. The van der Waals surface area contributed by atoms with Gasteiger partial charge in [0, 0.05) is 22.5 Å². The number of hydrazone groups is 2. The number of ether oxygens (including phenoxy) is 1. The predicted octanol–water partition coefficient (Wildman–Crippen LogP) is -0.835. The van der Waals surface area contributed by atoms with E-state index in [0.29, 0.717) is 28.5 Å². The van der Waals surface area contributed by atoms with E-state index >= 15 is 0 Å². The molecule has 2 aliphatic rings. The zero-order valence-electron chi connectivity index (χ0n) is 29.0. The molecule has 53 heavy (non-hydrogen) atoms. The van der Waals surface area contributed by atoms with Gasteiger partial charge in [0.15, 0.2) is 0 Å². The zero-order chi connectivity index (χ0) is 36.7. The second-order valence-corrected chi connectivity index (χ2v) is 14.2. The van der Waals surface area contributed by atoms with E-state index in [1.54, 1.807) is 43.3 Å². The van der Waals surface area contributed by atoms with Crippen LogP contribution in [0.15, 0.2) is 98.9 Å². The average Bonchev–Trinajstić information content (AvgIpc) is 3.07. The smallest absolute Gasteiger partial charge is 0.744 e. The summed E-state index contributed by atoms with van der Waals surface area (Å²) in [6.07, 6.45) is 2.10. The number of carbonyl (C=O) groups is 2. The summed E-state index contributed by atoms with van der Waals surface area (Å²) in [6.45, 7) is 3.70. The quantitative estimate of drug-likeness (QED) is 0.108. The van der Waals surface area contributed by atoms with Gasteiger partial charge in [0.1, 0.15) is 37.4 Å². The molecular formula is C35H27N5Na2O9S2. The van der Waals surface area contributed by atoms with E-state index in [1.807, 2.05) is 13.0 Å². The van der Waals surface area contributed by atoms with Gasteiger partial charge in [-0.15, -0.1) is 0 Å². The number of anilines is 4. The van der Waals surface area contributed by atoms with Crippen LogP contribution in [0.25, 0.3) is 12.2 Å². The summed E-state index contributed by atoms with van der Waals surface area (Å²) < 4.78 is 78.8. The largest absolute Gasteiger partial charge is 1.00 e. The summed E-state index contributed by atoms with van der Waals surface area (Å²) in [5.74, 6) is -1.24. The number of nitrogens with one attached hydrogen (secondary N) is 3. The number of methoxy groups -OCH3 is 1. The fourth-order valence-electron chi connectivity index (χ4n) is 5.50. The van der Waals surface area contributed by atoms with Crippen LogP contribution >= 0.6 is 0 Å². The van der Waals surface area contributed by atoms with Crippen LogP contribution in [-0.2, 0) is 20.2 Å². The maximum atomic E-state index is 13.4. The molecule has 0 radical (unpaired) electrons. The van der Waals surface area contributed by atoms with Crippen LogP contribution in [-0.4, -0.2) is 56.0 Å². The molecule has 0 saturated carbocycles. The van der Waals surface area contributed by atoms with Crippen LogP contribution in [0, 0.1) is 13.8 Å². The Morgan fingerprint density at radius 3 is 1.60 bits per heavy atom.